The average Bonchev–Trinajstić information content (AvgIpc) is 2.61. The number of nitrogens with one attached hydrogen (secondary N) is 3. The first-order valence-electron chi connectivity index (χ1n) is 8.32. The van der Waals surface area contributed by atoms with Crippen LogP contribution in [0.2, 0.25) is 0 Å². The molecule has 10 heteroatoms. The normalized spacial score (nSPS) is 12.5. The van der Waals surface area contributed by atoms with Crippen LogP contribution >= 0.6 is 24.0 Å². The standard InChI is InChI=1S/C17H28N4O4S.HI/c1-13(9-12-26(4,23)24)21-17(18-2)20-11-10-19-16(22)14-5-7-15(25-3)8-6-14;/h5-8,13H,9-12H2,1-4H3,(H,19,22)(H2,18,20,21);1H. The minimum Gasteiger partial charge on any atom is -0.497 e. The molecule has 27 heavy (non-hydrogen) atoms. The van der Waals surface area contributed by atoms with Crippen molar-refractivity contribution >= 4 is 45.7 Å². The smallest absolute Gasteiger partial charge is 0.251 e. The van der Waals surface area contributed by atoms with Gasteiger partial charge >= 0.3 is 0 Å². The van der Waals surface area contributed by atoms with E-state index in [1.807, 2.05) is 6.92 Å². The van der Waals surface area contributed by atoms with Gasteiger partial charge in [-0.05, 0) is 37.6 Å². The molecule has 0 radical (unpaired) electrons. The molecule has 0 saturated heterocycles. The fraction of sp³-hybridized carbons (Fsp3) is 0.529. The average molecular weight is 512 g/mol. The van der Waals surface area contributed by atoms with E-state index in [-0.39, 0.29) is 41.7 Å². The number of hydrogen-bond acceptors (Lipinski definition) is 5. The zero-order valence-electron chi connectivity index (χ0n) is 16.1. The van der Waals surface area contributed by atoms with Crippen LogP contribution in [0.25, 0.3) is 0 Å². The lowest BCUT2D eigenvalue weighted by Crippen LogP contribution is -2.45. The molecule has 1 atom stereocenters. The molecule has 1 aromatic rings. The molecule has 0 aliphatic carbocycles. The summed E-state index contributed by atoms with van der Waals surface area (Å²) in [5, 5.41) is 9.01. The second-order valence-corrected chi connectivity index (χ2v) is 8.21. The molecule has 0 aromatic heterocycles. The van der Waals surface area contributed by atoms with E-state index in [1.54, 1.807) is 38.4 Å². The van der Waals surface area contributed by atoms with Gasteiger partial charge < -0.3 is 20.7 Å². The minimum atomic E-state index is -2.98. The summed E-state index contributed by atoms with van der Waals surface area (Å²) in [6.45, 7) is 2.80. The van der Waals surface area contributed by atoms with Gasteiger partial charge in [0.25, 0.3) is 5.91 Å². The molecule has 0 heterocycles. The Hall–Kier alpha value is -1.56. The first-order valence-corrected chi connectivity index (χ1v) is 10.4. The number of aliphatic imine (C=N–C) groups is 1. The molecule has 0 fully saturated rings. The van der Waals surface area contributed by atoms with Crippen LogP contribution in [0.4, 0.5) is 0 Å². The Balaban J connectivity index is 0.00000676. The van der Waals surface area contributed by atoms with E-state index >= 15 is 0 Å². The molecule has 154 valence electrons. The van der Waals surface area contributed by atoms with Crippen molar-refractivity contribution in [2.24, 2.45) is 4.99 Å². The number of halogens is 1. The zero-order valence-corrected chi connectivity index (χ0v) is 19.3. The fourth-order valence-electron chi connectivity index (χ4n) is 2.09. The van der Waals surface area contributed by atoms with Crippen LogP contribution in [0.3, 0.4) is 0 Å². The highest BCUT2D eigenvalue weighted by atomic mass is 127. The lowest BCUT2D eigenvalue weighted by atomic mass is 10.2. The Morgan fingerprint density at radius 1 is 1.19 bits per heavy atom. The summed E-state index contributed by atoms with van der Waals surface area (Å²) in [5.74, 6) is 1.21. The second kappa shape index (κ2) is 12.8. The summed E-state index contributed by atoms with van der Waals surface area (Å²) in [6, 6.07) is 6.83. The molecule has 0 saturated carbocycles. The molecule has 3 N–H and O–H groups in total. The molecule has 1 unspecified atom stereocenters. The van der Waals surface area contributed by atoms with Crippen LogP contribution in [0.1, 0.15) is 23.7 Å². The summed E-state index contributed by atoms with van der Waals surface area (Å²) < 4.78 is 27.5. The van der Waals surface area contributed by atoms with E-state index in [2.05, 4.69) is 20.9 Å². The molecular formula is C17H29IN4O4S. The maximum atomic E-state index is 12.0. The van der Waals surface area contributed by atoms with Crippen molar-refractivity contribution < 1.29 is 17.9 Å². The highest BCUT2D eigenvalue weighted by Crippen LogP contribution is 2.10. The SMILES string of the molecule is CN=C(NCCNC(=O)c1ccc(OC)cc1)NC(C)CCS(C)(=O)=O.I. The predicted molar refractivity (Wildman–Crippen MR) is 119 cm³/mol. The van der Waals surface area contributed by atoms with E-state index in [0.29, 0.717) is 36.8 Å². The van der Waals surface area contributed by atoms with E-state index in [4.69, 9.17) is 4.74 Å². The summed E-state index contributed by atoms with van der Waals surface area (Å²) >= 11 is 0. The van der Waals surface area contributed by atoms with Crippen molar-refractivity contribution in [1.82, 2.24) is 16.0 Å². The molecule has 0 bridgehead atoms. The van der Waals surface area contributed by atoms with Gasteiger partial charge in [-0.2, -0.15) is 0 Å². The Morgan fingerprint density at radius 3 is 2.30 bits per heavy atom. The van der Waals surface area contributed by atoms with Crippen LogP contribution in [-0.4, -0.2) is 65.6 Å². The van der Waals surface area contributed by atoms with Crippen LogP contribution in [-0.2, 0) is 9.84 Å². The number of amides is 1. The van der Waals surface area contributed by atoms with Crippen molar-refractivity contribution in [3.63, 3.8) is 0 Å². The molecule has 1 amide bonds. The molecule has 8 nitrogen and oxygen atoms in total. The maximum absolute atomic E-state index is 12.0. The lowest BCUT2D eigenvalue weighted by Gasteiger charge is -2.17. The quantitative estimate of drug-likeness (QED) is 0.198. The van der Waals surface area contributed by atoms with Gasteiger partial charge in [0.2, 0.25) is 0 Å². The number of ether oxygens (including phenoxy) is 1. The number of guanidine groups is 1. The van der Waals surface area contributed by atoms with Crippen molar-refractivity contribution in [2.75, 3.05) is 39.3 Å². The first kappa shape index (κ1) is 25.4. The Bertz CT molecular complexity index is 708. The molecule has 0 spiro atoms. The molecule has 0 aliphatic heterocycles. The van der Waals surface area contributed by atoms with Gasteiger partial charge in [0.1, 0.15) is 15.6 Å². The number of hydrogen-bond donors (Lipinski definition) is 3. The third kappa shape index (κ3) is 11.0. The predicted octanol–water partition coefficient (Wildman–Crippen LogP) is 1.03. The van der Waals surface area contributed by atoms with Gasteiger partial charge in [0, 0.05) is 38.0 Å². The van der Waals surface area contributed by atoms with Crippen molar-refractivity contribution in [3.8, 4) is 5.75 Å². The van der Waals surface area contributed by atoms with Crippen molar-refractivity contribution in [1.29, 1.82) is 0 Å². The van der Waals surface area contributed by atoms with Crippen molar-refractivity contribution in [3.05, 3.63) is 29.8 Å². The van der Waals surface area contributed by atoms with E-state index in [0.717, 1.165) is 0 Å². The summed E-state index contributed by atoms with van der Waals surface area (Å²) in [7, 11) is 0.228. The highest BCUT2D eigenvalue weighted by molar-refractivity contribution is 14.0. The maximum Gasteiger partial charge on any atom is 0.251 e. The van der Waals surface area contributed by atoms with Crippen LogP contribution in [0.5, 0.6) is 5.75 Å². The number of carbonyl (C=O) groups is 1. The van der Waals surface area contributed by atoms with Gasteiger partial charge in [-0.15, -0.1) is 24.0 Å². The zero-order chi connectivity index (χ0) is 19.6. The molecule has 0 aliphatic rings. The number of carbonyl (C=O) groups excluding carboxylic acids is 1. The summed E-state index contributed by atoms with van der Waals surface area (Å²) in [5.41, 5.74) is 0.558. The van der Waals surface area contributed by atoms with Crippen LogP contribution in [0.15, 0.2) is 29.3 Å². The van der Waals surface area contributed by atoms with Gasteiger partial charge in [-0.3, -0.25) is 9.79 Å². The molecular weight excluding hydrogens is 483 g/mol. The summed E-state index contributed by atoms with van der Waals surface area (Å²) in [6.07, 6.45) is 1.71. The highest BCUT2D eigenvalue weighted by Gasteiger charge is 2.09. The van der Waals surface area contributed by atoms with E-state index in [1.165, 1.54) is 6.26 Å². The lowest BCUT2D eigenvalue weighted by molar-refractivity contribution is 0.0954. The first-order chi connectivity index (χ1) is 12.2. The Labute approximate surface area is 178 Å². The van der Waals surface area contributed by atoms with Gasteiger partial charge in [0.15, 0.2) is 5.96 Å². The molecule has 1 aromatic carbocycles. The monoisotopic (exact) mass is 512 g/mol. The Morgan fingerprint density at radius 2 is 1.78 bits per heavy atom. The summed E-state index contributed by atoms with van der Waals surface area (Å²) in [4.78, 5) is 16.1. The van der Waals surface area contributed by atoms with E-state index in [9.17, 15) is 13.2 Å². The fourth-order valence-corrected chi connectivity index (χ4v) is 2.87. The van der Waals surface area contributed by atoms with Gasteiger partial charge in [-0.1, -0.05) is 0 Å². The third-order valence-electron chi connectivity index (χ3n) is 3.58. The third-order valence-corrected chi connectivity index (χ3v) is 4.56. The van der Waals surface area contributed by atoms with Crippen LogP contribution in [0, 0.1) is 0 Å². The van der Waals surface area contributed by atoms with Gasteiger partial charge in [0.05, 0.1) is 12.9 Å². The Kier molecular flexibility index (Phi) is 12.0. The largest absolute Gasteiger partial charge is 0.497 e. The second-order valence-electron chi connectivity index (χ2n) is 5.95. The molecule has 1 rings (SSSR count). The minimum absolute atomic E-state index is 0. The number of nitrogens with zero attached hydrogens (tertiary/aromatic N) is 1. The number of benzene rings is 1. The number of methoxy groups -OCH3 is 1. The topological polar surface area (TPSA) is 109 Å². The van der Waals surface area contributed by atoms with Gasteiger partial charge in [-0.25, -0.2) is 8.42 Å². The van der Waals surface area contributed by atoms with E-state index < -0.39 is 9.84 Å². The van der Waals surface area contributed by atoms with Crippen molar-refractivity contribution in [2.45, 2.75) is 19.4 Å². The number of rotatable bonds is 9. The van der Waals surface area contributed by atoms with Crippen LogP contribution < -0.4 is 20.7 Å². The number of sulfone groups is 1.